The number of anilines is 2. The molecule has 1 aliphatic heterocycles. The first-order chi connectivity index (χ1) is 12.2. The van der Waals surface area contributed by atoms with Crippen LogP contribution >= 0.6 is 0 Å². The van der Waals surface area contributed by atoms with Crippen molar-refractivity contribution >= 4 is 17.3 Å². The van der Waals surface area contributed by atoms with Crippen molar-refractivity contribution in [1.82, 2.24) is 14.7 Å². The zero-order valence-corrected chi connectivity index (χ0v) is 14.8. The normalized spacial score (nSPS) is 15.2. The van der Waals surface area contributed by atoms with Crippen LogP contribution in [0.2, 0.25) is 0 Å². The third kappa shape index (κ3) is 4.51. The van der Waals surface area contributed by atoms with Crippen LogP contribution in [0.1, 0.15) is 6.92 Å². The summed E-state index contributed by atoms with van der Waals surface area (Å²) >= 11 is 0. The molecule has 1 aromatic heterocycles. The van der Waals surface area contributed by atoms with Gasteiger partial charge in [-0.2, -0.15) is 5.10 Å². The van der Waals surface area contributed by atoms with Crippen LogP contribution < -0.4 is 15.0 Å². The molecule has 0 bridgehead atoms. The maximum atomic E-state index is 12.2. The molecule has 2 aromatic rings. The van der Waals surface area contributed by atoms with E-state index in [9.17, 15) is 4.79 Å². The molecule has 7 heteroatoms. The first-order valence-corrected chi connectivity index (χ1v) is 8.63. The fourth-order valence-electron chi connectivity index (χ4n) is 2.88. The number of rotatable bonds is 6. The van der Waals surface area contributed by atoms with Crippen LogP contribution in [0.4, 0.5) is 11.4 Å². The average molecular weight is 343 g/mol. The number of hydrogen-bond donors (Lipinski definition) is 1. The monoisotopic (exact) mass is 343 g/mol. The molecular formula is C18H25N5O2. The average Bonchev–Trinajstić information content (AvgIpc) is 3.10. The molecule has 1 amide bonds. The van der Waals surface area contributed by atoms with Crippen LogP contribution in [0.25, 0.3) is 0 Å². The van der Waals surface area contributed by atoms with Gasteiger partial charge in [0, 0.05) is 50.3 Å². The Kier molecular flexibility index (Phi) is 5.55. The first kappa shape index (κ1) is 17.3. The topological polar surface area (TPSA) is 62.6 Å². The second kappa shape index (κ2) is 8.02. The summed E-state index contributed by atoms with van der Waals surface area (Å²) in [4.78, 5) is 16.9. The molecule has 0 radical (unpaired) electrons. The van der Waals surface area contributed by atoms with E-state index in [2.05, 4.69) is 27.3 Å². The van der Waals surface area contributed by atoms with E-state index in [4.69, 9.17) is 4.74 Å². The largest absolute Gasteiger partial charge is 0.492 e. The third-order valence-corrected chi connectivity index (χ3v) is 4.27. The van der Waals surface area contributed by atoms with Gasteiger partial charge in [-0.3, -0.25) is 9.48 Å². The molecule has 1 fully saturated rings. The molecule has 3 rings (SSSR count). The summed E-state index contributed by atoms with van der Waals surface area (Å²) in [7, 11) is 2.14. The number of aromatic nitrogens is 2. The smallest absolute Gasteiger partial charge is 0.246 e. The van der Waals surface area contributed by atoms with Gasteiger partial charge in [0.2, 0.25) is 5.91 Å². The minimum absolute atomic E-state index is 0.128. The number of piperazine rings is 1. The van der Waals surface area contributed by atoms with Gasteiger partial charge in [0.05, 0.1) is 12.3 Å². The van der Waals surface area contributed by atoms with Crippen molar-refractivity contribution in [3.05, 3.63) is 36.7 Å². The first-order valence-electron chi connectivity index (χ1n) is 8.63. The van der Waals surface area contributed by atoms with Gasteiger partial charge in [0.25, 0.3) is 0 Å². The lowest BCUT2D eigenvalue weighted by molar-refractivity contribution is -0.116. The van der Waals surface area contributed by atoms with Crippen molar-refractivity contribution in [2.24, 2.45) is 0 Å². The summed E-state index contributed by atoms with van der Waals surface area (Å²) in [6.45, 7) is 6.75. The summed E-state index contributed by atoms with van der Waals surface area (Å²) in [5, 5.41) is 6.97. The lowest BCUT2D eigenvalue weighted by Crippen LogP contribution is -2.44. The van der Waals surface area contributed by atoms with Crippen molar-refractivity contribution in [2.45, 2.75) is 13.5 Å². The van der Waals surface area contributed by atoms with E-state index in [1.165, 1.54) is 0 Å². The van der Waals surface area contributed by atoms with Crippen LogP contribution in [0.5, 0.6) is 5.75 Å². The van der Waals surface area contributed by atoms with E-state index in [0.717, 1.165) is 31.9 Å². The molecule has 1 saturated heterocycles. The SMILES string of the molecule is CCOc1cc(N2CCN(C)CC2)ccc1NC(=O)Cn1cccn1. The predicted octanol–water partition coefficient (Wildman–Crippen LogP) is 1.67. The summed E-state index contributed by atoms with van der Waals surface area (Å²) < 4.78 is 7.34. The number of hydrogen-bond acceptors (Lipinski definition) is 5. The van der Waals surface area contributed by atoms with Crippen LogP contribution in [-0.2, 0) is 11.3 Å². The van der Waals surface area contributed by atoms with Gasteiger partial charge < -0.3 is 19.9 Å². The minimum Gasteiger partial charge on any atom is -0.492 e. The highest BCUT2D eigenvalue weighted by Crippen LogP contribution is 2.30. The van der Waals surface area contributed by atoms with E-state index in [1.807, 2.05) is 25.1 Å². The third-order valence-electron chi connectivity index (χ3n) is 4.27. The summed E-state index contributed by atoms with van der Waals surface area (Å²) in [5.41, 5.74) is 1.82. The lowest BCUT2D eigenvalue weighted by atomic mass is 10.2. The van der Waals surface area contributed by atoms with E-state index in [1.54, 1.807) is 23.1 Å². The molecule has 25 heavy (non-hydrogen) atoms. The Balaban J connectivity index is 1.71. The van der Waals surface area contributed by atoms with Crippen LogP contribution in [0, 0.1) is 0 Å². The number of nitrogens with one attached hydrogen (secondary N) is 1. The number of carbonyl (C=O) groups excluding carboxylic acids is 1. The molecular weight excluding hydrogens is 318 g/mol. The van der Waals surface area contributed by atoms with Crippen molar-refractivity contribution in [1.29, 1.82) is 0 Å². The Hall–Kier alpha value is -2.54. The summed E-state index contributed by atoms with van der Waals surface area (Å²) in [6, 6.07) is 7.76. The molecule has 7 nitrogen and oxygen atoms in total. The van der Waals surface area contributed by atoms with Crippen molar-refractivity contribution in [3.63, 3.8) is 0 Å². The van der Waals surface area contributed by atoms with Gasteiger partial charge >= 0.3 is 0 Å². The van der Waals surface area contributed by atoms with Gasteiger partial charge in [0.15, 0.2) is 0 Å². The predicted molar refractivity (Wildman–Crippen MR) is 98.2 cm³/mol. The van der Waals surface area contributed by atoms with Crippen molar-refractivity contribution < 1.29 is 9.53 Å². The summed E-state index contributed by atoms with van der Waals surface area (Å²) in [6.07, 6.45) is 3.42. The number of likely N-dealkylation sites (N-methyl/N-ethyl adjacent to an activating group) is 1. The molecule has 0 spiro atoms. The highest BCUT2D eigenvalue weighted by atomic mass is 16.5. The zero-order chi connectivity index (χ0) is 17.6. The Labute approximate surface area is 148 Å². The van der Waals surface area contributed by atoms with Crippen LogP contribution in [0.3, 0.4) is 0 Å². The van der Waals surface area contributed by atoms with Crippen molar-refractivity contribution in [2.75, 3.05) is 50.1 Å². The molecule has 1 aliphatic rings. The van der Waals surface area contributed by atoms with E-state index in [-0.39, 0.29) is 12.5 Å². The molecule has 0 saturated carbocycles. The zero-order valence-electron chi connectivity index (χ0n) is 14.8. The number of benzene rings is 1. The summed E-state index contributed by atoms with van der Waals surface area (Å²) in [5.74, 6) is 0.574. The maximum absolute atomic E-state index is 12.2. The Bertz CT molecular complexity index is 693. The minimum atomic E-state index is -0.128. The van der Waals surface area contributed by atoms with Gasteiger partial charge in [-0.05, 0) is 32.2 Å². The molecule has 134 valence electrons. The quantitative estimate of drug-likeness (QED) is 0.864. The second-order valence-corrected chi connectivity index (χ2v) is 6.16. The highest BCUT2D eigenvalue weighted by Gasteiger charge is 2.16. The highest BCUT2D eigenvalue weighted by molar-refractivity contribution is 5.92. The Morgan fingerprint density at radius 1 is 1.28 bits per heavy atom. The second-order valence-electron chi connectivity index (χ2n) is 6.16. The van der Waals surface area contributed by atoms with Gasteiger partial charge in [0.1, 0.15) is 12.3 Å². The Morgan fingerprint density at radius 2 is 2.08 bits per heavy atom. The van der Waals surface area contributed by atoms with Gasteiger partial charge in [-0.25, -0.2) is 0 Å². The lowest BCUT2D eigenvalue weighted by Gasteiger charge is -2.34. The standard InChI is InChI=1S/C18H25N5O2/c1-3-25-17-13-15(22-11-9-21(2)10-12-22)5-6-16(17)20-18(24)14-23-8-4-7-19-23/h4-8,13H,3,9-12,14H2,1-2H3,(H,20,24). The molecule has 2 heterocycles. The van der Waals surface area contributed by atoms with Gasteiger partial charge in [-0.1, -0.05) is 0 Å². The van der Waals surface area contributed by atoms with E-state index < -0.39 is 0 Å². The molecule has 1 aromatic carbocycles. The Morgan fingerprint density at radius 3 is 2.76 bits per heavy atom. The molecule has 1 N–H and O–H groups in total. The fourth-order valence-corrected chi connectivity index (χ4v) is 2.88. The number of ether oxygens (including phenoxy) is 1. The van der Waals surface area contributed by atoms with E-state index >= 15 is 0 Å². The maximum Gasteiger partial charge on any atom is 0.246 e. The van der Waals surface area contributed by atoms with Crippen LogP contribution in [-0.4, -0.2) is 60.4 Å². The molecule has 0 aliphatic carbocycles. The van der Waals surface area contributed by atoms with Crippen molar-refractivity contribution in [3.8, 4) is 5.75 Å². The molecule has 0 unspecified atom stereocenters. The number of nitrogens with zero attached hydrogens (tertiary/aromatic N) is 4. The van der Waals surface area contributed by atoms with E-state index in [0.29, 0.717) is 18.0 Å². The van der Waals surface area contributed by atoms with Crippen LogP contribution in [0.15, 0.2) is 36.7 Å². The number of carbonyl (C=O) groups is 1. The molecule has 0 atom stereocenters. The number of amides is 1. The fraction of sp³-hybridized carbons (Fsp3) is 0.444. The van der Waals surface area contributed by atoms with Gasteiger partial charge in [-0.15, -0.1) is 0 Å².